The molecule has 7 heteroatoms. The first-order valence-electron chi connectivity index (χ1n) is 7.71. The van der Waals surface area contributed by atoms with Crippen molar-refractivity contribution in [1.82, 2.24) is 10.2 Å². The lowest BCUT2D eigenvalue weighted by atomic mass is 9.92. The average molecular weight is 319 g/mol. The highest BCUT2D eigenvalue weighted by Gasteiger charge is 2.42. The van der Waals surface area contributed by atoms with Crippen LogP contribution in [-0.2, 0) is 4.79 Å². The Morgan fingerprint density at radius 3 is 2.61 bits per heavy atom. The summed E-state index contributed by atoms with van der Waals surface area (Å²) in [5.41, 5.74) is 0.602. The first-order valence-corrected chi connectivity index (χ1v) is 7.71. The fraction of sp³-hybridized carbons (Fsp3) is 0.500. The van der Waals surface area contributed by atoms with Gasteiger partial charge in [-0.1, -0.05) is 0 Å². The van der Waals surface area contributed by atoms with E-state index >= 15 is 0 Å². The highest BCUT2D eigenvalue weighted by molar-refractivity contribution is 5.91. The molecule has 0 radical (unpaired) electrons. The van der Waals surface area contributed by atoms with Gasteiger partial charge in [-0.25, -0.2) is 4.79 Å². The molecule has 2 aliphatic rings. The number of nitrogens with zero attached hydrogens (tertiary/aromatic N) is 1. The molecular formula is C16H21N3O4. The molecule has 0 unspecified atom stereocenters. The summed E-state index contributed by atoms with van der Waals surface area (Å²) >= 11 is 0. The van der Waals surface area contributed by atoms with Crippen LogP contribution in [0.3, 0.4) is 0 Å². The van der Waals surface area contributed by atoms with Crippen molar-refractivity contribution in [3.8, 4) is 11.5 Å². The van der Waals surface area contributed by atoms with Crippen LogP contribution in [0.2, 0.25) is 0 Å². The van der Waals surface area contributed by atoms with Crippen molar-refractivity contribution in [1.29, 1.82) is 0 Å². The maximum absolute atomic E-state index is 12.6. The third-order valence-electron chi connectivity index (χ3n) is 4.46. The number of carbonyl (C=O) groups is 2. The number of ether oxygens (including phenoxy) is 2. The Balaban J connectivity index is 1.75. The standard InChI is InChI=1S/C16H21N3O4/c1-22-11-6-10(7-12(8-11)23-2)18-16(21)19-5-3-4-13-14(19)9-17-15(13)20/h6-8,13-14H,3-5,9H2,1-2H3,(H,17,20)(H,18,21)/t13-,14+/m1/s1. The number of nitrogens with one attached hydrogen (secondary N) is 2. The zero-order valence-electron chi connectivity index (χ0n) is 13.3. The smallest absolute Gasteiger partial charge is 0.322 e. The topological polar surface area (TPSA) is 79.9 Å². The van der Waals surface area contributed by atoms with Gasteiger partial charge in [-0.2, -0.15) is 0 Å². The molecule has 3 amide bonds. The lowest BCUT2D eigenvalue weighted by Crippen LogP contribution is -2.50. The second kappa shape index (κ2) is 6.36. The Morgan fingerprint density at radius 2 is 1.96 bits per heavy atom. The van der Waals surface area contributed by atoms with Crippen LogP contribution in [0.5, 0.6) is 11.5 Å². The van der Waals surface area contributed by atoms with E-state index < -0.39 is 0 Å². The molecule has 3 rings (SSSR count). The normalized spacial score (nSPS) is 23.0. The number of likely N-dealkylation sites (tertiary alicyclic amines) is 1. The van der Waals surface area contributed by atoms with Crippen molar-refractivity contribution in [3.63, 3.8) is 0 Å². The number of piperidine rings is 1. The van der Waals surface area contributed by atoms with Gasteiger partial charge >= 0.3 is 6.03 Å². The summed E-state index contributed by atoms with van der Waals surface area (Å²) in [6, 6.07) is 4.95. The molecule has 0 aliphatic carbocycles. The predicted molar refractivity (Wildman–Crippen MR) is 84.8 cm³/mol. The number of fused-ring (bicyclic) bond motifs is 1. The first kappa shape index (κ1) is 15.5. The van der Waals surface area contributed by atoms with Gasteiger partial charge in [-0.3, -0.25) is 4.79 Å². The third-order valence-corrected chi connectivity index (χ3v) is 4.46. The van der Waals surface area contributed by atoms with E-state index in [9.17, 15) is 9.59 Å². The van der Waals surface area contributed by atoms with E-state index in [1.807, 2.05) is 0 Å². The van der Waals surface area contributed by atoms with Crippen LogP contribution in [0.1, 0.15) is 12.8 Å². The van der Waals surface area contributed by atoms with E-state index in [1.54, 1.807) is 37.3 Å². The van der Waals surface area contributed by atoms with Gasteiger partial charge < -0.3 is 25.0 Å². The number of benzene rings is 1. The van der Waals surface area contributed by atoms with Crippen LogP contribution in [0.25, 0.3) is 0 Å². The molecule has 2 fully saturated rings. The SMILES string of the molecule is COc1cc(NC(=O)N2CCC[C@H]3C(=O)NC[C@@H]32)cc(OC)c1. The molecule has 2 aliphatic heterocycles. The number of hydrogen-bond acceptors (Lipinski definition) is 4. The number of anilines is 1. The zero-order valence-corrected chi connectivity index (χ0v) is 13.3. The molecule has 2 N–H and O–H groups in total. The highest BCUT2D eigenvalue weighted by atomic mass is 16.5. The van der Waals surface area contributed by atoms with Gasteiger partial charge in [-0.05, 0) is 12.8 Å². The van der Waals surface area contributed by atoms with Gasteiger partial charge in [0.1, 0.15) is 11.5 Å². The number of amides is 3. The van der Waals surface area contributed by atoms with Crippen molar-refractivity contribution in [2.45, 2.75) is 18.9 Å². The summed E-state index contributed by atoms with van der Waals surface area (Å²) in [5.74, 6) is 1.17. The Labute approximate surface area is 134 Å². The lowest BCUT2D eigenvalue weighted by molar-refractivity contribution is -0.123. The van der Waals surface area contributed by atoms with Gasteiger partial charge in [0, 0.05) is 37.0 Å². The summed E-state index contributed by atoms with van der Waals surface area (Å²) in [7, 11) is 3.12. The van der Waals surface area contributed by atoms with E-state index in [-0.39, 0.29) is 23.9 Å². The van der Waals surface area contributed by atoms with Crippen LogP contribution in [-0.4, -0.2) is 50.2 Å². The Bertz CT molecular complexity index is 597. The number of rotatable bonds is 3. The maximum Gasteiger partial charge on any atom is 0.322 e. The molecule has 0 bridgehead atoms. The van der Waals surface area contributed by atoms with Crippen molar-refractivity contribution >= 4 is 17.6 Å². The minimum atomic E-state index is -0.202. The van der Waals surface area contributed by atoms with Gasteiger partial charge in [0.05, 0.1) is 26.2 Å². The maximum atomic E-state index is 12.6. The third kappa shape index (κ3) is 3.04. The second-order valence-electron chi connectivity index (χ2n) is 5.79. The molecule has 1 aromatic carbocycles. The predicted octanol–water partition coefficient (Wildman–Crippen LogP) is 1.45. The van der Waals surface area contributed by atoms with E-state index in [0.717, 1.165) is 12.8 Å². The molecule has 23 heavy (non-hydrogen) atoms. The van der Waals surface area contributed by atoms with Crippen LogP contribution in [0, 0.1) is 5.92 Å². The van der Waals surface area contributed by atoms with Crippen molar-refractivity contribution in [2.24, 2.45) is 5.92 Å². The molecule has 2 heterocycles. The summed E-state index contributed by atoms with van der Waals surface area (Å²) < 4.78 is 10.4. The summed E-state index contributed by atoms with van der Waals surface area (Å²) in [6.07, 6.45) is 1.68. The highest BCUT2D eigenvalue weighted by Crippen LogP contribution is 2.29. The Kier molecular flexibility index (Phi) is 4.27. The van der Waals surface area contributed by atoms with Crippen LogP contribution in [0.4, 0.5) is 10.5 Å². The average Bonchev–Trinajstić information content (AvgIpc) is 2.95. The summed E-state index contributed by atoms with van der Waals surface area (Å²) in [4.78, 5) is 26.2. The molecule has 1 aromatic rings. The molecule has 2 saturated heterocycles. The molecule has 0 saturated carbocycles. The second-order valence-corrected chi connectivity index (χ2v) is 5.79. The lowest BCUT2D eigenvalue weighted by Gasteiger charge is -2.35. The van der Waals surface area contributed by atoms with Crippen LogP contribution < -0.4 is 20.1 Å². The Morgan fingerprint density at radius 1 is 1.26 bits per heavy atom. The molecular weight excluding hydrogens is 298 g/mol. The van der Waals surface area contributed by atoms with Gasteiger partial charge in [0.2, 0.25) is 5.91 Å². The van der Waals surface area contributed by atoms with E-state index in [4.69, 9.17) is 9.47 Å². The van der Waals surface area contributed by atoms with Crippen molar-refractivity contribution < 1.29 is 19.1 Å². The molecule has 2 atom stereocenters. The van der Waals surface area contributed by atoms with E-state index in [1.165, 1.54) is 0 Å². The van der Waals surface area contributed by atoms with E-state index in [2.05, 4.69) is 10.6 Å². The molecule has 0 aromatic heterocycles. The summed E-state index contributed by atoms with van der Waals surface area (Å²) in [5, 5.41) is 5.72. The zero-order chi connectivity index (χ0) is 16.4. The van der Waals surface area contributed by atoms with Crippen LogP contribution >= 0.6 is 0 Å². The number of hydrogen-bond donors (Lipinski definition) is 2. The number of urea groups is 1. The first-order chi connectivity index (χ1) is 11.1. The molecule has 124 valence electrons. The fourth-order valence-electron chi connectivity index (χ4n) is 3.28. The monoisotopic (exact) mass is 319 g/mol. The molecule has 0 spiro atoms. The summed E-state index contributed by atoms with van der Waals surface area (Å²) in [6.45, 7) is 1.18. The fourth-order valence-corrected chi connectivity index (χ4v) is 3.28. The van der Waals surface area contributed by atoms with E-state index in [0.29, 0.717) is 30.3 Å². The minimum absolute atomic E-state index is 0.0514. The van der Waals surface area contributed by atoms with Gasteiger partial charge in [0.15, 0.2) is 0 Å². The van der Waals surface area contributed by atoms with Crippen LogP contribution in [0.15, 0.2) is 18.2 Å². The quantitative estimate of drug-likeness (QED) is 0.883. The van der Waals surface area contributed by atoms with Crippen molar-refractivity contribution in [3.05, 3.63) is 18.2 Å². The minimum Gasteiger partial charge on any atom is -0.497 e. The Hall–Kier alpha value is -2.44. The largest absolute Gasteiger partial charge is 0.497 e. The molecule has 7 nitrogen and oxygen atoms in total. The van der Waals surface area contributed by atoms with Gasteiger partial charge in [-0.15, -0.1) is 0 Å². The number of carbonyl (C=O) groups excluding carboxylic acids is 2. The van der Waals surface area contributed by atoms with Gasteiger partial charge in [0.25, 0.3) is 0 Å². The van der Waals surface area contributed by atoms with Crippen molar-refractivity contribution in [2.75, 3.05) is 32.6 Å². The number of methoxy groups -OCH3 is 2.